The molecule has 28 heavy (non-hydrogen) atoms. The van der Waals surface area contributed by atoms with Gasteiger partial charge in [-0.15, -0.1) is 0 Å². The van der Waals surface area contributed by atoms with Crippen LogP contribution in [0, 0.1) is 0 Å². The highest BCUT2D eigenvalue weighted by Gasteiger charge is 2.15. The van der Waals surface area contributed by atoms with Crippen LogP contribution in [0.2, 0.25) is 20.1 Å². The van der Waals surface area contributed by atoms with Crippen LogP contribution in [0.4, 0.5) is 0 Å². The highest BCUT2D eigenvalue weighted by Crippen LogP contribution is 2.33. The number of hydrogen-bond donors (Lipinski definition) is 2. The van der Waals surface area contributed by atoms with E-state index in [0.717, 1.165) is 26.2 Å². The van der Waals surface area contributed by atoms with Gasteiger partial charge in [-0.25, -0.2) is 0 Å². The van der Waals surface area contributed by atoms with E-state index in [9.17, 15) is 10.2 Å². The quantitative estimate of drug-likeness (QED) is 0.472. The molecule has 154 valence electrons. The number of hydrogen-bond acceptors (Lipinski definition) is 4. The molecule has 2 aromatic rings. The SMILES string of the molecule is CCN(CCN(CC)Cc1cc(Cl)cc(Cl)c1O)Cc1cc(Cl)cc(Cl)c1O. The van der Waals surface area contributed by atoms with E-state index in [2.05, 4.69) is 23.6 Å². The zero-order chi connectivity index (χ0) is 20.8. The van der Waals surface area contributed by atoms with Crippen molar-refractivity contribution in [2.24, 2.45) is 0 Å². The molecular formula is C20H24Cl4N2O2. The summed E-state index contributed by atoms with van der Waals surface area (Å²) in [6, 6.07) is 6.52. The molecule has 0 aromatic heterocycles. The summed E-state index contributed by atoms with van der Waals surface area (Å²) in [5, 5.41) is 21.9. The summed E-state index contributed by atoms with van der Waals surface area (Å²) in [4.78, 5) is 4.38. The van der Waals surface area contributed by atoms with Crippen LogP contribution in [0.15, 0.2) is 24.3 Å². The fourth-order valence-corrected chi connectivity index (χ4v) is 4.01. The van der Waals surface area contributed by atoms with Crippen LogP contribution in [0.1, 0.15) is 25.0 Å². The van der Waals surface area contributed by atoms with Crippen molar-refractivity contribution in [3.8, 4) is 11.5 Å². The number of benzene rings is 2. The van der Waals surface area contributed by atoms with Gasteiger partial charge in [0.15, 0.2) is 0 Å². The van der Waals surface area contributed by atoms with Crippen molar-refractivity contribution >= 4 is 46.4 Å². The Balaban J connectivity index is 2.03. The molecule has 0 amide bonds. The summed E-state index contributed by atoms with van der Waals surface area (Å²) < 4.78 is 0. The Bertz CT molecular complexity index is 750. The fraction of sp³-hybridized carbons (Fsp3) is 0.400. The number of likely N-dealkylation sites (N-methyl/N-ethyl adjacent to an activating group) is 2. The van der Waals surface area contributed by atoms with E-state index in [1.165, 1.54) is 12.1 Å². The summed E-state index contributed by atoms with van der Waals surface area (Å²) in [5.74, 6) is 0.130. The van der Waals surface area contributed by atoms with Crippen molar-refractivity contribution in [3.63, 3.8) is 0 Å². The van der Waals surface area contributed by atoms with E-state index in [0.29, 0.717) is 34.3 Å². The minimum atomic E-state index is 0.0651. The number of nitrogens with zero attached hydrogens (tertiary/aromatic N) is 2. The third-order valence-corrected chi connectivity index (χ3v) is 5.64. The molecule has 4 nitrogen and oxygen atoms in total. The lowest BCUT2D eigenvalue weighted by atomic mass is 10.1. The molecule has 0 aliphatic heterocycles. The highest BCUT2D eigenvalue weighted by molar-refractivity contribution is 6.36. The van der Waals surface area contributed by atoms with E-state index in [4.69, 9.17) is 46.4 Å². The molecule has 0 spiro atoms. The van der Waals surface area contributed by atoms with Gasteiger partial charge in [0.2, 0.25) is 0 Å². The van der Waals surface area contributed by atoms with Crippen molar-refractivity contribution in [2.45, 2.75) is 26.9 Å². The molecule has 0 radical (unpaired) electrons. The average molecular weight is 466 g/mol. The second-order valence-electron chi connectivity index (χ2n) is 6.53. The largest absolute Gasteiger partial charge is 0.506 e. The third-order valence-electron chi connectivity index (χ3n) is 4.63. The van der Waals surface area contributed by atoms with E-state index in [1.54, 1.807) is 12.1 Å². The molecule has 0 heterocycles. The number of rotatable bonds is 9. The zero-order valence-electron chi connectivity index (χ0n) is 15.9. The molecular weight excluding hydrogens is 442 g/mol. The second-order valence-corrected chi connectivity index (χ2v) is 8.22. The molecule has 0 atom stereocenters. The first-order valence-corrected chi connectivity index (χ1v) is 10.5. The maximum Gasteiger partial charge on any atom is 0.138 e. The van der Waals surface area contributed by atoms with E-state index >= 15 is 0 Å². The minimum absolute atomic E-state index is 0.0651. The summed E-state index contributed by atoms with van der Waals surface area (Å²) >= 11 is 24.2. The smallest absolute Gasteiger partial charge is 0.138 e. The monoisotopic (exact) mass is 464 g/mol. The van der Waals surface area contributed by atoms with Crippen LogP contribution in [-0.2, 0) is 13.1 Å². The second kappa shape index (κ2) is 10.8. The minimum Gasteiger partial charge on any atom is -0.506 e. The summed E-state index contributed by atoms with van der Waals surface area (Å²) in [6.45, 7) is 8.32. The molecule has 0 unspecified atom stereocenters. The first-order valence-electron chi connectivity index (χ1n) is 9.03. The van der Waals surface area contributed by atoms with Gasteiger partial charge < -0.3 is 10.2 Å². The molecule has 0 bridgehead atoms. The van der Waals surface area contributed by atoms with Crippen LogP contribution < -0.4 is 0 Å². The Morgan fingerprint density at radius 1 is 0.679 bits per heavy atom. The normalized spacial score (nSPS) is 11.6. The van der Waals surface area contributed by atoms with E-state index in [1.807, 2.05) is 0 Å². The molecule has 2 aromatic carbocycles. The predicted octanol–water partition coefficient (Wildman–Crippen LogP) is 6.06. The van der Waals surface area contributed by atoms with Crippen molar-refractivity contribution in [1.82, 2.24) is 9.80 Å². The van der Waals surface area contributed by atoms with Crippen molar-refractivity contribution in [3.05, 3.63) is 55.5 Å². The fourth-order valence-electron chi connectivity index (χ4n) is 2.94. The Hall–Kier alpha value is -0.880. The number of phenols is 2. The zero-order valence-corrected chi connectivity index (χ0v) is 18.9. The van der Waals surface area contributed by atoms with Crippen LogP contribution in [0.25, 0.3) is 0 Å². The third kappa shape index (κ3) is 6.31. The van der Waals surface area contributed by atoms with Gasteiger partial charge in [-0.3, -0.25) is 9.80 Å². The number of aromatic hydroxyl groups is 2. The number of halogens is 4. The van der Waals surface area contributed by atoms with Gasteiger partial charge in [0.1, 0.15) is 11.5 Å². The van der Waals surface area contributed by atoms with E-state index in [-0.39, 0.29) is 21.5 Å². The van der Waals surface area contributed by atoms with Gasteiger partial charge in [-0.05, 0) is 37.4 Å². The first-order chi connectivity index (χ1) is 13.2. The van der Waals surface area contributed by atoms with E-state index < -0.39 is 0 Å². The van der Waals surface area contributed by atoms with Crippen molar-refractivity contribution < 1.29 is 10.2 Å². The molecule has 8 heteroatoms. The lowest BCUT2D eigenvalue weighted by Crippen LogP contribution is -2.34. The average Bonchev–Trinajstić information content (AvgIpc) is 2.64. The maximum absolute atomic E-state index is 10.2. The van der Waals surface area contributed by atoms with Crippen molar-refractivity contribution in [2.75, 3.05) is 26.2 Å². The van der Waals surface area contributed by atoms with Gasteiger partial charge >= 0.3 is 0 Å². The molecule has 0 aliphatic rings. The first kappa shape index (κ1) is 23.4. The molecule has 0 fully saturated rings. The predicted molar refractivity (Wildman–Crippen MR) is 118 cm³/mol. The summed E-state index contributed by atoms with van der Waals surface area (Å²) in [6.07, 6.45) is 0. The molecule has 0 aliphatic carbocycles. The van der Waals surface area contributed by atoms with Gasteiger partial charge in [-0.1, -0.05) is 60.3 Å². The number of phenolic OH excluding ortho intramolecular Hbond substituents is 2. The van der Waals surface area contributed by atoms with Crippen LogP contribution >= 0.6 is 46.4 Å². The summed E-state index contributed by atoms with van der Waals surface area (Å²) in [7, 11) is 0. The van der Waals surface area contributed by atoms with Crippen LogP contribution in [-0.4, -0.2) is 46.2 Å². The lowest BCUT2D eigenvalue weighted by Gasteiger charge is -2.27. The molecule has 0 saturated carbocycles. The molecule has 2 N–H and O–H groups in total. The van der Waals surface area contributed by atoms with Crippen molar-refractivity contribution in [1.29, 1.82) is 0 Å². The van der Waals surface area contributed by atoms with Crippen LogP contribution in [0.5, 0.6) is 11.5 Å². The Labute approximate surface area is 186 Å². The van der Waals surface area contributed by atoms with Crippen LogP contribution in [0.3, 0.4) is 0 Å². The molecule has 2 rings (SSSR count). The van der Waals surface area contributed by atoms with Gasteiger partial charge in [0, 0.05) is 47.4 Å². The van der Waals surface area contributed by atoms with Gasteiger partial charge in [-0.2, -0.15) is 0 Å². The maximum atomic E-state index is 10.2. The Kier molecular flexibility index (Phi) is 9.00. The highest BCUT2D eigenvalue weighted by atomic mass is 35.5. The lowest BCUT2D eigenvalue weighted by molar-refractivity contribution is 0.202. The van der Waals surface area contributed by atoms with Gasteiger partial charge in [0.05, 0.1) is 10.0 Å². The topological polar surface area (TPSA) is 46.9 Å². The Morgan fingerprint density at radius 3 is 1.36 bits per heavy atom. The standard InChI is InChI=1S/C20H24Cl4N2O2/c1-3-25(11-13-7-15(21)9-17(23)19(13)27)5-6-26(4-2)12-14-8-16(22)10-18(24)20(14)28/h7-10,27-28H,3-6,11-12H2,1-2H3. The Morgan fingerprint density at radius 2 is 1.04 bits per heavy atom. The van der Waals surface area contributed by atoms with Gasteiger partial charge in [0.25, 0.3) is 0 Å². The summed E-state index contributed by atoms with van der Waals surface area (Å²) in [5.41, 5.74) is 1.39. The molecule has 0 saturated heterocycles.